The van der Waals surface area contributed by atoms with E-state index in [0.717, 1.165) is 23.5 Å². The summed E-state index contributed by atoms with van der Waals surface area (Å²) in [5, 5.41) is 11.1. The van der Waals surface area contributed by atoms with Gasteiger partial charge in [0.2, 0.25) is 5.91 Å². The lowest BCUT2D eigenvalue weighted by molar-refractivity contribution is -0.148. The fraction of sp³-hybridized carbons (Fsp3) is 0.353. The summed E-state index contributed by atoms with van der Waals surface area (Å²) < 4.78 is 38.5. The summed E-state index contributed by atoms with van der Waals surface area (Å²) >= 11 is 1.15. The van der Waals surface area contributed by atoms with Crippen molar-refractivity contribution >= 4 is 23.2 Å². The summed E-state index contributed by atoms with van der Waals surface area (Å²) in [5.74, 6) is -1.37. The van der Waals surface area contributed by atoms with Crippen molar-refractivity contribution in [3.63, 3.8) is 0 Å². The number of carboxylic acid groups (broad SMARTS) is 1. The molecule has 1 fully saturated rings. The van der Waals surface area contributed by atoms with Crippen molar-refractivity contribution in [3.8, 4) is 10.6 Å². The van der Waals surface area contributed by atoms with Gasteiger partial charge in [0.25, 0.3) is 0 Å². The Morgan fingerprint density at radius 3 is 2.81 bits per heavy atom. The van der Waals surface area contributed by atoms with Crippen LogP contribution in [0.5, 0.6) is 0 Å². The minimum atomic E-state index is -4.44. The van der Waals surface area contributed by atoms with Crippen LogP contribution < -0.4 is 0 Å². The van der Waals surface area contributed by atoms with E-state index in [1.807, 2.05) is 0 Å². The van der Waals surface area contributed by atoms with Crippen LogP contribution in [0, 0.1) is 0 Å². The van der Waals surface area contributed by atoms with E-state index in [9.17, 15) is 22.8 Å². The number of halogens is 3. The van der Waals surface area contributed by atoms with Crippen LogP contribution in [-0.4, -0.2) is 39.5 Å². The second-order valence-corrected chi connectivity index (χ2v) is 6.84. The molecule has 0 spiro atoms. The molecular weight excluding hydrogens is 369 g/mol. The number of thiazole rings is 1. The summed E-state index contributed by atoms with van der Waals surface area (Å²) in [4.78, 5) is 29.1. The highest BCUT2D eigenvalue weighted by atomic mass is 32.1. The molecule has 1 saturated heterocycles. The van der Waals surface area contributed by atoms with Gasteiger partial charge >= 0.3 is 12.1 Å². The van der Waals surface area contributed by atoms with Gasteiger partial charge in [-0.05, 0) is 25.0 Å². The highest BCUT2D eigenvalue weighted by molar-refractivity contribution is 7.13. The first kappa shape index (κ1) is 18.4. The largest absolute Gasteiger partial charge is 0.480 e. The van der Waals surface area contributed by atoms with E-state index >= 15 is 0 Å². The highest BCUT2D eigenvalue weighted by Gasteiger charge is 2.34. The second kappa shape index (κ2) is 7.06. The Labute approximate surface area is 151 Å². The van der Waals surface area contributed by atoms with E-state index in [0.29, 0.717) is 35.7 Å². The Morgan fingerprint density at radius 1 is 1.35 bits per heavy atom. The number of carbonyl (C=O) groups is 2. The van der Waals surface area contributed by atoms with Gasteiger partial charge in [-0.25, -0.2) is 9.78 Å². The molecule has 1 amide bonds. The Hall–Kier alpha value is -2.42. The lowest BCUT2D eigenvalue weighted by Gasteiger charge is -2.20. The minimum absolute atomic E-state index is 0.0702. The molecule has 0 saturated carbocycles. The Morgan fingerprint density at radius 2 is 2.12 bits per heavy atom. The number of nitrogens with zero attached hydrogens (tertiary/aromatic N) is 2. The first-order chi connectivity index (χ1) is 12.3. The highest BCUT2D eigenvalue weighted by Crippen LogP contribution is 2.33. The third kappa shape index (κ3) is 3.87. The van der Waals surface area contributed by atoms with Crippen LogP contribution >= 0.6 is 11.3 Å². The van der Waals surface area contributed by atoms with Crippen molar-refractivity contribution in [2.75, 3.05) is 6.54 Å². The van der Waals surface area contributed by atoms with E-state index in [1.54, 1.807) is 5.38 Å². The van der Waals surface area contributed by atoms with Crippen LogP contribution in [0.4, 0.5) is 13.2 Å². The fourth-order valence-corrected chi connectivity index (χ4v) is 3.74. The lowest BCUT2D eigenvalue weighted by Crippen LogP contribution is -2.41. The number of rotatable bonds is 4. The molecule has 0 aliphatic carbocycles. The summed E-state index contributed by atoms with van der Waals surface area (Å²) in [5.41, 5.74) is -0.0132. The van der Waals surface area contributed by atoms with E-state index < -0.39 is 23.8 Å². The van der Waals surface area contributed by atoms with Crippen LogP contribution in [0.15, 0.2) is 29.6 Å². The number of carboxylic acids is 1. The zero-order valence-electron chi connectivity index (χ0n) is 13.5. The third-order valence-electron chi connectivity index (χ3n) is 4.18. The van der Waals surface area contributed by atoms with Gasteiger partial charge in [-0.3, -0.25) is 4.79 Å². The average Bonchev–Trinajstić information content (AvgIpc) is 3.23. The molecule has 138 valence electrons. The first-order valence-corrected chi connectivity index (χ1v) is 8.78. The Kier molecular flexibility index (Phi) is 4.99. The summed E-state index contributed by atoms with van der Waals surface area (Å²) in [6, 6.07) is 4.03. The fourth-order valence-electron chi connectivity index (χ4n) is 2.93. The third-order valence-corrected chi connectivity index (χ3v) is 5.12. The smallest absolute Gasteiger partial charge is 0.416 e. The number of alkyl halides is 3. The number of hydrogen-bond donors (Lipinski definition) is 1. The van der Waals surface area contributed by atoms with Gasteiger partial charge < -0.3 is 10.0 Å². The average molecular weight is 384 g/mol. The maximum absolute atomic E-state index is 12.8. The van der Waals surface area contributed by atoms with Crippen LogP contribution in [0.25, 0.3) is 10.6 Å². The van der Waals surface area contributed by atoms with Crippen LogP contribution in [0.2, 0.25) is 0 Å². The monoisotopic (exact) mass is 384 g/mol. The Balaban J connectivity index is 1.74. The number of aromatic nitrogens is 1. The van der Waals surface area contributed by atoms with Gasteiger partial charge in [0, 0.05) is 17.5 Å². The van der Waals surface area contributed by atoms with Gasteiger partial charge in [-0.1, -0.05) is 12.1 Å². The topological polar surface area (TPSA) is 70.5 Å². The van der Waals surface area contributed by atoms with E-state index in [2.05, 4.69) is 4.98 Å². The second-order valence-electron chi connectivity index (χ2n) is 5.98. The van der Waals surface area contributed by atoms with E-state index in [-0.39, 0.29) is 12.3 Å². The number of aliphatic carboxylic acids is 1. The molecule has 26 heavy (non-hydrogen) atoms. The maximum Gasteiger partial charge on any atom is 0.416 e. The summed E-state index contributed by atoms with van der Waals surface area (Å²) in [7, 11) is 0. The van der Waals surface area contributed by atoms with Gasteiger partial charge in [0.1, 0.15) is 11.0 Å². The molecule has 1 aromatic carbocycles. The van der Waals surface area contributed by atoms with Crippen molar-refractivity contribution in [2.24, 2.45) is 0 Å². The Bertz CT molecular complexity index is 835. The lowest BCUT2D eigenvalue weighted by atomic mass is 10.1. The molecule has 2 heterocycles. The summed E-state index contributed by atoms with van der Waals surface area (Å²) in [6.45, 7) is 0.389. The molecular formula is C17H15F3N2O3S. The predicted molar refractivity (Wildman–Crippen MR) is 88.6 cm³/mol. The maximum atomic E-state index is 12.8. The van der Waals surface area contributed by atoms with Crippen LogP contribution in [0.3, 0.4) is 0 Å². The minimum Gasteiger partial charge on any atom is -0.480 e. The van der Waals surface area contributed by atoms with E-state index in [4.69, 9.17) is 5.11 Å². The van der Waals surface area contributed by atoms with Crippen molar-refractivity contribution < 1.29 is 27.9 Å². The molecule has 1 aliphatic heterocycles. The first-order valence-electron chi connectivity index (χ1n) is 7.90. The van der Waals surface area contributed by atoms with E-state index in [1.165, 1.54) is 17.0 Å². The number of amides is 1. The van der Waals surface area contributed by atoms with Crippen molar-refractivity contribution in [1.29, 1.82) is 0 Å². The molecule has 1 aromatic heterocycles. The molecule has 5 nitrogen and oxygen atoms in total. The van der Waals surface area contributed by atoms with Crippen LogP contribution in [-0.2, 0) is 22.2 Å². The quantitative estimate of drug-likeness (QED) is 0.877. The van der Waals surface area contributed by atoms with Crippen molar-refractivity contribution in [3.05, 3.63) is 40.9 Å². The predicted octanol–water partition coefficient (Wildman–Crippen LogP) is 3.45. The molecule has 2 aromatic rings. The molecule has 0 unspecified atom stereocenters. The normalized spacial score (nSPS) is 17.5. The van der Waals surface area contributed by atoms with Gasteiger partial charge in [0.05, 0.1) is 17.7 Å². The molecule has 1 N–H and O–H groups in total. The SMILES string of the molecule is O=C(O)[C@@H]1CCCN1C(=O)Cc1csc(-c2cccc(C(F)(F)F)c2)n1. The number of carbonyl (C=O) groups excluding carboxylic acids is 1. The molecule has 3 rings (SSSR count). The van der Waals surface area contributed by atoms with Crippen molar-refractivity contribution in [2.45, 2.75) is 31.5 Å². The molecule has 9 heteroatoms. The van der Waals surface area contributed by atoms with Gasteiger partial charge in [0.15, 0.2) is 0 Å². The standard InChI is InChI=1S/C17H15F3N2O3S/c18-17(19,20)11-4-1-3-10(7-11)15-21-12(9-26-15)8-14(23)22-6-2-5-13(22)16(24)25/h1,3-4,7,9,13H,2,5-6,8H2,(H,24,25)/t13-/m0/s1. The number of hydrogen-bond acceptors (Lipinski definition) is 4. The number of likely N-dealkylation sites (tertiary alicyclic amines) is 1. The van der Waals surface area contributed by atoms with Gasteiger partial charge in [-0.2, -0.15) is 13.2 Å². The molecule has 0 radical (unpaired) electrons. The zero-order valence-corrected chi connectivity index (χ0v) is 14.3. The molecule has 1 atom stereocenters. The van der Waals surface area contributed by atoms with Gasteiger partial charge in [-0.15, -0.1) is 11.3 Å². The molecule has 1 aliphatic rings. The van der Waals surface area contributed by atoms with Crippen LogP contribution in [0.1, 0.15) is 24.1 Å². The zero-order chi connectivity index (χ0) is 18.9. The number of benzene rings is 1. The summed E-state index contributed by atoms with van der Waals surface area (Å²) in [6.07, 6.45) is -3.45. The molecule has 0 bridgehead atoms. The van der Waals surface area contributed by atoms with Crippen molar-refractivity contribution in [1.82, 2.24) is 9.88 Å².